The van der Waals surface area contributed by atoms with E-state index < -0.39 is 10.0 Å². The summed E-state index contributed by atoms with van der Waals surface area (Å²) in [7, 11) is -3.67. The maximum atomic E-state index is 11.3. The van der Waals surface area contributed by atoms with Gasteiger partial charge >= 0.3 is 0 Å². The van der Waals surface area contributed by atoms with Gasteiger partial charge in [-0.2, -0.15) is 0 Å². The van der Waals surface area contributed by atoms with E-state index in [0.29, 0.717) is 5.92 Å². The number of rotatable bonds is 4. The van der Waals surface area contributed by atoms with Crippen molar-refractivity contribution in [3.63, 3.8) is 0 Å². The number of piperidine rings is 1. The normalized spacial score (nSPS) is 16.5. The van der Waals surface area contributed by atoms with E-state index in [2.05, 4.69) is 34.1 Å². The maximum Gasteiger partial charge on any atom is 0.239 e. The van der Waals surface area contributed by atoms with Crippen molar-refractivity contribution < 1.29 is 8.42 Å². The summed E-state index contributed by atoms with van der Waals surface area (Å²) in [6.07, 6.45) is 4.69. The van der Waals surface area contributed by atoms with Gasteiger partial charge in [0.2, 0.25) is 10.0 Å². The molecule has 5 nitrogen and oxygen atoms in total. The molecule has 0 saturated carbocycles. The Labute approximate surface area is 137 Å². The summed E-state index contributed by atoms with van der Waals surface area (Å²) in [6, 6.07) is 13.8. The number of nitrogens with two attached hydrogens (primary N) is 1. The molecule has 3 rings (SSSR count). The van der Waals surface area contributed by atoms with Gasteiger partial charge in [-0.25, -0.2) is 18.5 Å². The smallest absolute Gasteiger partial charge is 0.239 e. The summed E-state index contributed by atoms with van der Waals surface area (Å²) in [5.74, 6) is 1.51. The predicted octanol–water partition coefficient (Wildman–Crippen LogP) is 2.19. The molecule has 1 saturated heterocycles. The number of benzene rings is 1. The SMILES string of the molecule is NS(=O)(=O)c1ccc(N2CCC(Cc3ccccc3)CC2)nc1. The van der Waals surface area contributed by atoms with Gasteiger partial charge in [0.05, 0.1) is 0 Å². The van der Waals surface area contributed by atoms with Crippen molar-refractivity contribution in [1.82, 2.24) is 4.98 Å². The minimum atomic E-state index is -3.67. The van der Waals surface area contributed by atoms with Crippen LogP contribution < -0.4 is 10.0 Å². The molecule has 2 N–H and O–H groups in total. The Balaban J connectivity index is 1.58. The van der Waals surface area contributed by atoms with Gasteiger partial charge < -0.3 is 4.90 Å². The van der Waals surface area contributed by atoms with Crippen molar-refractivity contribution in [2.45, 2.75) is 24.2 Å². The van der Waals surface area contributed by atoms with Crippen LogP contribution in [-0.2, 0) is 16.4 Å². The van der Waals surface area contributed by atoms with Crippen LogP contribution in [-0.4, -0.2) is 26.5 Å². The minimum absolute atomic E-state index is 0.0558. The van der Waals surface area contributed by atoms with Crippen LogP contribution >= 0.6 is 0 Å². The van der Waals surface area contributed by atoms with E-state index in [1.165, 1.54) is 17.8 Å². The summed E-state index contributed by atoms with van der Waals surface area (Å²) in [5, 5.41) is 5.10. The standard InChI is InChI=1S/C17H21N3O2S/c18-23(21,22)16-6-7-17(19-13-16)20-10-8-15(9-11-20)12-14-4-2-1-3-5-14/h1-7,13,15H,8-12H2,(H2,18,21,22). The average Bonchev–Trinajstić information content (AvgIpc) is 2.56. The molecule has 122 valence electrons. The number of nitrogens with zero attached hydrogens (tertiary/aromatic N) is 2. The summed E-state index contributed by atoms with van der Waals surface area (Å²) in [4.78, 5) is 6.50. The quantitative estimate of drug-likeness (QED) is 0.932. The van der Waals surface area contributed by atoms with E-state index in [4.69, 9.17) is 5.14 Å². The first-order chi connectivity index (χ1) is 11.0. The molecule has 1 fully saturated rings. The first-order valence-corrected chi connectivity index (χ1v) is 9.35. The third kappa shape index (κ3) is 4.09. The monoisotopic (exact) mass is 331 g/mol. The minimum Gasteiger partial charge on any atom is -0.357 e. The summed E-state index contributed by atoms with van der Waals surface area (Å²) < 4.78 is 22.5. The molecule has 23 heavy (non-hydrogen) atoms. The zero-order chi connectivity index (χ0) is 16.3. The van der Waals surface area contributed by atoms with Crippen molar-refractivity contribution in [3.8, 4) is 0 Å². The summed E-state index contributed by atoms with van der Waals surface area (Å²) in [6.45, 7) is 1.89. The van der Waals surface area contributed by atoms with Crippen molar-refractivity contribution in [1.29, 1.82) is 0 Å². The fourth-order valence-corrected chi connectivity index (χ4v) is 3.50. The Hall–Kier alpha value is -1.92. The molecule has 1 aromatic carbocycles. The Morgan fingerprint density at radius 3 is 2.35 bits per heavy atom. The number of hydrogen-bond acceptors (Lipinski definition) is 4. The largest absolute Gasteiger partial charge is 0.357 e. The number of aromatic nitrogens is 1. The number of pyridine rings is 1. The van der Waals surface area contributed by atoms with Gasteiger partial charge in [-0.15, -0.1) is 0 Å². The molecule has 0 spiro atoms. The molecule has 6 heteroatoms. The number of anilines is 1. The highest BCUT2D eigenvalue weighted by molar-refractivity contribution is 7.89. The maximum absolute atomic E-state index is 11.3. The van der Waals surface area contributed by atoms with Crippen LogP contribution in [0.5, 0.6) is 0 Å². The zero-order valence-electron chi connectivity index (χ0n) is 12.9. The Kier molecular flexibility index (Phi) is 4.63. The van der Waals surface area contributed by atoms with Gasteiger partial charge in [0.15, 0.2) is 0 Å². The molecule has 0 bridgehead atoms. The van der Waals surface area contributed by atoms with Gasteiger partial charge in [0.1, 0.15) is 10.7 Å². The van der Waals surface area contributed by atoms with E-state index >= 15 is 0 Å². The lowest BCUT2D eigenvalue weighted by Crippen LogP contribution is -2.34. The zero-order valence-corrected chi connectivity index (χ0v) is 13.7. The molecular formula is C17H21N3O2S. The van der Waals surface area contributed by atoms with E-state index in [1.807, 2.05) is 6.07 Å². The molecule has 1 aromatic heterocycles. The molecule has 1 aliphatic heterocycles. The summed E-state index contributed by atoms with van der Waals surface area (Å²) >= 11 is 0. The molecule has 0 unspecified atom stereocenters. The number of sulfonamides is 1. The molecule has 0 radical (unpaired) electrons. The number of primary sulfonamides is 1. The fourth-order valence-electron chi connectivity index (χ4n) is 3.04. The van der Waals surface area contributed by atoms with E-state index in [-0.39, 0.29) is 4.90 Å². The van der Waals surface area contributed by atoms with Crippen LogP contribution in [0.3, 0.4) is 0 Å². The predicted molar refractivity (Wildman–Crippen MR) is 90.7 cm³/mol. The lowest BCUT2D eigenvalue weighted by atomic mass is 9.90. The van der Waals surface area contributed by atoms with Crippen LogP contribution in [0.2, 0.25) is 0 Å². The highest BCUT2D eigenvalue weighted by atomic mass is 32.2. The van der Waals surface area contributed by atoms with Gasteiger partial charge in [-0.3, -0.25) is 0 Å². The topological polar surface area (TPSA) is 76.3 Å². The van der Waals surface area contributed by atoms with Gasteiger partial charge in [0, 0.05) is 19.3 Å². The molecule has 0 atom stereocenters. The van der Waals surface area contributed by atoms with Crippen LogP contribution in [0.15, 0.2) is 53.6 Å². The van der Waals surface area contributed by atoms with E-state index in [1.54, 1.807) is 6.07 Å². The second kappa shape index (κ2) is 6.68. The third-order valence-corrected chi connectivity index (χ3v) is 5.25. The van der Waals surface area contributed by atoms with Crippen molar-refractivity contribution in [2.75, 3.05) is 18.0 Å². The lowest BCUT2D eigenvalue weighted by Gasteiger charge is -2.33. The average molecular weight is 331 g/mol. The second-order valence-corrected chi connectivity index (χ2v) is 7.58. The van der Waals surface area contributed by atoms with Gasteiger partial charge in [0.25, 0.3) is 0 Å². The van der Waals surface area contributed by atoms with Gasteiger partial charge in [-0.1, -0.05) is 30.3 Å². The highest BCUT2D eigenvalue weighted by Gasteiger charge is 2.20. The van der Waals surface area contributed by atoms with E-state index in [0.717, 1.165) is 38.2 Å². The summed E-state index contributed by atoms with van der Waals surface area (Å²) in [5.41, 5.74) is 1.39. The van der Waals surface area contributed by atoms with Crippen molar-refractivity contribution in [3.05, 3.63) is 54.2 Å². The Morgan fingerprint density at radius 2 is 1.78 bits per heavy atom. The highest BCUT2D eigenvalue weighted by Crippen LogP contribution is 2.25. The first kappa shape index (κ1) is 16.0. The van der Waals surface area contributed by atoms with Crippen LogP contribution in [0.4, 0.5) is 5.82 Å². The van der Waals surface area contributed by atoms with Crippen LogP contribution in [0.1, 0.15) is 18.4 Å². The molecule has 0 amide bonds. The second-order valence-electron chi connectivity index (χ2n) is 6.02. The molecule has 2 heterocycles. The Morgan fingerprint density at radius 1 is 1.09 bits per heavy atom. The number of hydrogen-bond donors (Lipinski definition) is 1. The van der Waals surface area contributed by atoms with Crippen molar-refractivity contribution >= 4 is 15.8 Å². The Bertz CT molecular complexity index is 737. The van der Waals surface area contributed by atoms with Crippen LogP contribution in [0.25, 0.3) is 0 Å². The fraction of sp³-hybridized carbons (Fsp3) is 0.353. The van der Waals surface area contributed by atoms with Crippen molar-refractivity contribution in [2.24, 2.45) is 11.1 Å². The lowest BCUT2D eigenvalue weighted by molar-refractivity contribution is 0.402. The van der Waals surface area contributed by atoms with Crippen LogP contribution in [0, 0.1) is 5.92 Å². The third-order valence-electron chi connectivity index (χ3n) is 4.35. The molecule has 2 aromatic rings. The first-order valence-electron chi connectivity index (χ1n) is 7.80. The van der Waals surface area contributed by atoms with E-state index in [9.17, 15) is 8.42 Å². The molecule has 0 aliphatic carbocycles. The molecule has 1 aliphatic rings. The molecular weight excluding hydrogens is 310 g/mol. The van der Waals surface area contributed by atoms with Gasteiger partial charge in [-0.05, 0) is 42.9 Å².